The van der Waals surface area contributed by atoms with Crippen LogP contribution in [0, 0.1) is 12.8 Å². The molecule has 2 aromatic rings. The second-order valence-corrected chi connectivity index (χ2v) is 5.28. The van der Waals surface area contributed by atoms with E-state index in [1.165, 1.54) is 37.7 Å². The predicted octanol–water partition coefficient (Wildman–Crippen LogP) is 3.39. The molecule has 0 aromatic carbocycles. The lowest BCUT2D eigenvalue weighted by Crippen LogP contribution is -2.10. The molecule has 0 radical (unpaired) electrons. The number of H-pyrrole nitrogens is 1. The van der Waals surface area contributed by atoms with Crippen LogP contribution in [0.2, 0.25) is 0 Å². The fourth-order valence-electron chi connectivity index (χ4n) is 2.82. The van der Waals surface area contributed by atoms with E-state index < -0.39 is 0 Å². The quantitative estimate of drug-likeness (QED) is 0.857. The Hall–Kier alpha value is -1.38. The number of hydrogen-bond acceptors (Lipinski definition) is 2. The highest BCUT2D eigenvalue weighted by molar-refractivity contribution is 5.70. The minimum absolute atomic E-state index is 0.824. The van der Waals surface area contributed by atoms with Crippen LogP contribution < -0.4 is 0 Å². The van der Waals surface area contributed by atoms with Gasteiger partial charge in [-0.1, -0.05) is 32.1 Å². The summed E-state index contributed by atoms with van der Waals surface area (Å²) in [6.07, 6.45) is 9.90. The molecular weight excluding hydrogens is 210 g/mol. The molecule has 0 amide bonds. The third-order valence-electron chi connectivity index (χ3n) is 3.73. The first-order valence-corrected chi connectivity index (χ1v) is 6.62. The third-order valence-corrected chi connectivity index (χ3v) is 3.73. The topological polar surface area (TPSA) is 41.6 Å². The molecule has 1 aliphatic rings. The van der Waals surface area contributed by atoms with Crippen LogP contribution in [0.3, 0.4) is 0 Å². The van der Waals surface area contributed by atoms with Crippen molar-refractivity contribution >= 4 is 11.2 Å². The van der Waals surface area contributed by atoms with Crippen LogP contribution >= 0.6 is 0 Å². The number of pyridine rings is 1. The number of imidazole rings is 1. The van der Waals surface area contributed by atoms with Crippen LogP contribution in [-0.2, 0) is 6.42 Å². The predicted molar refractivity (Wildman–Crippen MR) is 68.9 cm³/mol. The Balaban J connectivity index is 1.80. The molecule has 0 bridgehead atoms. The van der Waals surface area contributed by atoms with Crippen LogP contribution in [0.15, 0.2) is 12.3 Å². The normalized spacial score (nSPS) is 17.7. The van der Waals surface area contributed by atoms with Gasteiger partial charge in [-0.2, -0.15) is 0 Å². The zero-order chi connectivity index (χ0) is 11.7. The van der Waals surface area contributed by atoms with Crippen molar-refractivity contribution in [2.45, 2.75) is 45.4 Å². The van der Waals surface area contributed by atoms with Gasteiger partial charge < -0.3 is 4.98 Å². The van der Waals surface area contributed by atoms with Gasteiger partial charge in [0.25, 0.3) is 0 Å². The van der Waals surface area contributed by atoms with Gasteiger partial charge in [0.1, 0.15) is 5.82 Å². The summed E-state index contributed by atoms with van der Waals surface area (Å²) in [6, 6.07) is 2.12. The summed E-state index contributed by atoms with van der Waals surface area (Å²) in [6.45, 7) is 2.06. The Morgan fingerprint density at radius 2 is 2.12 bits per heavy atom. The Bertz CT molecular complexity index is 509. The number of rotatable bonds is 2. The molecule has 0 aliphatic heterocycles. The van der Waals surface area contributed by atoms with Crippen LogP contribution in [0.5, 0.6) is 0 Å². The summed E-state index contributed by atoms with van der Waals surface area (Å²) in [5.41, 5.74) is 3.13. The first-order valence-electron chi connectivity index (χ1n) is 6.62. The van der Waals surface area contributed by atoms with Crippen molar-refractivity contribution in [1.29, 1.82) is 0 Å². The number of fused-ring (bicyclic) bond motifs is 1. The summed E-state index contributed by atoms with van der Waals surface area (Å²) in [5, 5.41) is 0. The number of aromatic nitrogens is 3. The molecule has 17 heavy (non-hydrogen) atoms. The number of hydrogen-bond donors (Lipinski definition) is 1. The minimum atomic E-state index is 0.824. The Labute approximate surface area is 102 Å². The largest absolute Gasteiger partial charge is 0.341 e. The van der Waals surface area contributed by atoms with Gasteiger partial charge in [-0.3, -0.25) is 0 Å². The standard InChI is InChI=1S/C14H19N3/c1-10-7-12-14(15-9-10)17-13(16-12)8-11-5-3-2-4-6-11/h7,9,11H,2-6,8H2,1H3,(H,15,16,17). The van der Waals surface area contributed by atoms with Crippen LogP contribution in [0.25, 0.3) is 11.2 Å². The van der Waals surface area contributed by atoms with E-state index in [2.05, 4.69) is 27.9 Å². The monoisotopic (exact) mass is 229 g/mol. The van der Waals surface area contributed by atoms with E-state index in [0.717, 1.165) is 29.3 Å². The molecule has 2 heterocycles. The molecule has 0 unspecified atom stereocenters. The zero-order valence-electron chi connectivity index (χ0n) is 10.4. The number of nitrogens with zero attached hydrogens (tertiary/aromatic N) is 2. The van der Waals surface area contributed by atoms with Crippen LogP contribution in [-0.4, -0.2) is 15.0 Å². The summed E-state index contributed by atoms with van der Waals surface area (Å²) >= 11 is 0. The van der Waals surface area contributed by atoms with Gasteiger partial charge >= 0.3 is 0 Å². The summed E-state index contributed by atoms with van der Waals surface area (Å²) in [5.74, 6) is 1.94. The highest BCUT2D eigenvalue weighted by Gasteiger charge is 2.15. The fourth-order valence-corrected chi connectivity index (χ4v) is 2.82. The Morgan fingerprint density at radius 1 is 1.29 bits per heavy atom. The van der Waals surface area contributed by atoms with Crippen molar-refractivity contribution in [2.24, 2.45) is 5.92 Å². The average Bonchev–Trinajstić information content (AvgIpc) is 2.71. The molecule has 0 atom stereocenters. The van der Waals surface area contributed by atoms with Crippen LogP contribution in [0.1, 0.15) is 43.5 Å². The lowest BCUT2D eigenvalue weighted by atomic mass is 9.87. The van der Waals surface area contributed by atoms with Crippen molar-refractivity contribution in [2.75, 3.05) is 0 Å². The highest BCUT2D eigenvalue weighted by Crippen LogP contribution is 2.26. The third kappa shape index (κ3) is 2.33. The van der Waals surface area contributed by atoms with Gasteiger partial charge in [0.05, 0.1) is 5.52 Å². The van der Waals surface area contributed by atoms with E-state index in [9.17, 15) is 0 Å². The molecule has 3 rings (SSSR count). The minimum Gasteiger partial charge on any atom is -0.341 e. The number of aromatic amines is 1. The van der Waals surface area contributed by atoms with Gasteiger partial charge in [-0.15, -0.1) is 0 Å². The lowest BCUT2D eigenvalue weighted by Gasteiger charge is -2.20. The second-order valence-electron chi connectivity index (χ2n) is 5.28. The molecule has 1 aliphatic carbocycles. The number of nitrogens with one attached hydrogen (secondary N) is 1. The first-order chi connectivity index (χ1) is 8.31. The average molecular weight is 229 g/mol. The Kier molecular flexibility index (Phi) is 2.83. The molecule has 1 fully saturated rings. The van der Waals surface area contributed by atoms with Crippen molar-refractivity contribution in [3.63, 3.8) is 0 Å². The molecular formula is C14H19N3. The lowest BCUT2D eigenvalue weighted by molar-refractivity contribution is 0.352. The molecule has 90 valence electrons. The number of aryl methyl sites for hydroxylation is 1. The summed E-state index contributed by atoms with van der Waals surface area (Å²) in [7, 11) is 0. The molecule has 2 aromatic heterocycles. The van der Waals surface area contributed by atoms with Crippen LogP contribution in [0.4, 0.5) is 0 Å². The van der Waals surface area contributed by atoms with Crippen molar-refractivity contribution in [1.82, 2.24) is 15.0 Å². The van der Waals surface area contributed by atoms with Gasteiger partial charge in [0.2, 0.25) is 0 Å². The van der Waals surface area contributed by atoms with Crippen molar-refractivity contribution in [3.05, 3.63) is 23.7 Å². The second kappa shape index (κ2) is 4.47. The molecule has 0 spiro atoms. The maximum Gasteiger partial charge on any atom is 0.177 e. The maximum atomic E-state index is 4.58. The van der Waals surface area contributed by atoms with Gasteiger partial charge in [0, 0.05) is 12.6 Å². The van der Waals surface area contributed by atoms with Gasteiger partial charge in [0.15, 0.2) is 5.65 Å². The van der Waals surface area contributed by atoms with E-state index in [1.807, 2.05) is 6.20 Å². The molecule has 3 heteroatoms. The first kappa shape index (κ1) is 10.8. The van der Waals surface area contributed by atoms with E-state index in [1.54, 1.807) is 0 Å². The molecule has 0 saturated heterocycles. The SMILES string of the molecule is Cc1cnc2nc(CC3CCCCC3)[nH]c2c1. The highest BCUT2D eigenvalue weighted by atomic mass is 15.0. The van der Waals surface area contributed by atoms with Crippen molar-refractivity contribution < 1.29 is 0 Å². The Morgan fingerprint density at radius 3 is 2.94 bits per heavy atom. The van der Waals surface area contributed by atoms with E-state index in [-0.39, 0.29) is 0 Å². The molecule has 1 N–H and O–H groups in total. The molecule has 3 nitrogen and oxygen atoms in total. The smallest absolute Gasteiger partial charge is 0.177 e. The summed E-state index contributed by atoms with van der Waals surface area (Å²) in [4.78, 5) is 12.3. The maximum absolute atomic E-state index is 4.58. The van der Waals surface area contributed by atoms with E-state index >= 15 is 0 Å². The molecule has 1 saturated carbocycles. The zero-order valence-corrected chi connectivity index (χ0v) is 10.4. The fraction of sp³-hybridized carbons (Fsp3) is 0.571. The van der Waals surface area contributed by atoms with E-state index in [4.69, 9.17) is 0 Å². The van der Waals surface area contributed by atoms with Gasteiger partial charge in [-0.05, 0) is 24.5 Å². The van der Waals surface area contributed by atoms with Gasteiger partial charge in [-0.25, -0.2) is 9.97 Å². The van der Waals surface area contributed by atoms with Crippen molar-refractivity contribution in [3.8, 4) is 0 Å². The summed E-state index contributed by atoms with van der Waals surface area (Å²) < 4.78 is 0. The van der Waals surface area contributed by atoms with E-state index in [0.29, 0.717) is 0 Å².